The molecule has 1 saturated heterocycles. The highest BCUT2D eigenvalue weighted by atomic mass is 16.2. The number of para-hydroxylation sites is 1. The number of piperazine rings is 1. The molecular weight excluding hydrogens is 308 g/mol. The van der Waals surface area contributed by atoms with Crippen LogP contribution in [0, 0.1) is 23.2 Å². The molecule has 1 aromatic carbocycles. The van der Waals surface area contributed by atoms with Crippen molar-refractivity contribution < 1.29 is 4.79 Å². The summed E-state index contributed by atoms with van der Waals surface area (Å²) in [4.78, 5) is 18.2. The van der Waals surface area contributed by atoms with Crippen LogP contribution in [0.3, 0.4) is 0 Å². The average Bonchev–Trinajstić information content (AvgIpc) is 2.60. The second kappa shape index (κ2) is 5.75. The van der Waals surface area contributed by atoms with Gasteiger partial charge in [0.2, 0.25) is 5.91 Å². The van der Waals surface area contributed by atoms with Crippen molar-refractivity contribution in [3.8, 4) is 0 Å². The Morgan fingerprint density at radius 1 is 0.960 bits per heavy atom. The van der Waals surface area contributed by atoms with Gasteiger partial charge >= 0.3 is 0 Å². The molecule has 3 heteroatoms. The summed E-state index contributed by atoms with van der Waals surface area (Å²) in [5, 5.41) is 0. The molecule has 5 fully saturated rings. The number of hydrogen-bond donors (Lipinski definition) is 0. The van der Waals surface area contributed by atoms with Crippen molar-refractivity contribution in [2.75, 3.05) is 24.5 Å². The predicted molar refractivity (Wildman–Crippen MR) is 100 cm³/mol. The average molecular weight is 338 g/mol. The van der Waals surface area contributed by atoms with Crippen molar-refractivity contribution in [3.63, 3.8) is 0 Å². The van der Waals surface area contributed by atoms with E-state index in [0.29, 0.717) is 11.9 Å². The van der Waals surface area contributed by atoms with Crippen LogP contribution in [0.1, 0.15) is 45.4 Å². The van der Waals surface area contributed by atoms with Crippen molar-refractivity contribution in [2.24, 2.45) is 23.2 Å². The first-order valence-electron chi connectivity index (χ1n) is 10.2. The molecular formula is C22H30N2O. The number of hydrogen-bond acceptors (Lipinski definition) is 2. The van der Waals surface area contributed by atoms with Gasteiger partial charge in [-0.3, -0.25) is 4.79 Å². The van der Waals surface area contributed by atoms with Gasteiger partial charge in [-0.1, -0.05) is 18.2 Å². The highest BCUT2D eigenvalue weighted by Gasteiger charge is 2.55. The van der Waals surface area contributed by atoms with Crippen LogP contribution in [-0.2, 0) is 4.79 Å². The molecule has 1 heterocycles. The first-order valence-corrected chi connectivity index (χ1v) is 10.2. The van der Waals surface area contributed by atoms with E-state index in [-0.39, 0.29) is 5.41 Å². The summed E-state index contributed by atoms with van der Waals surface area (Å²) in [6.45, 7) is 5.00. The van der Waals surface area contributed by atoms with E-state index in [2.05, 4.69) is 47.1 Å². The van der Waals surface area contributed by atoms with Gasteiger partial charge in [0, 0.05) is 31.4 Å². The molecule has 1 aliphatic heterocycles. The predicted octanol–water partition coefficient (Wildman–Crippen LogP) is 3.94. The monoisotopic (exact) mass is 338 g/mol. The summed E-state index contributed by atoms with van der Waals surface area (Å²) in [5.41, 5.74) is 1.31. The van der Waals surface area contributed by atoms with Gasteiger partial charge in [-0.2, -0.15) is 0 Å². The number of amides is 1. The fourth-order valence-electron chi connectivity index (χ4n) is 6.85. The van der Waals surface area contributed by atoms with Gasteiger partial charge in [0.25, 0.3) is 0 Å². The molecule has 0 spiro atoms. The lowest BCUT2D eigenvalue weighted by molar-refractivity contribution is -0.158. The molecule has 3 nitrogen and oxygen atoms in total. The molecule has 134 valence electrons. The molecule has 4 bridgehead atoms. The summed E-state index contributed by atoms with van der Waals surface area (Å²) in [6.07, 6.45) is 7.78. The van der Waals surface area contributed by atoms with E-state index in [0.717, 1.165) is 37.4 Å². The number of rotatable bonds is 2. The highest BCUT2D eigenvalue weighted by molar-refractivity contribution is 5.83. The van der Waals surface area contributed by atoms with Gasteiger partial charge in [-0.15, -0.1) is 0 Å². The summed E-state index contributed by atoms with van der Waals surface area (Å²) < 4.78 is 0. The molecule has 4 aliphatic carbocycles. The van der Waals surface area contributed by atoms with Crippen LogP contribution in [0.4, 0.5) is 5.69 Å². The first-order chi connectivity index (χ1) is 12.1. The summed E-state index contributed by atoms with van der Waals surface area (Å²) >= 11 is 0. The molecule has 0 aromatic heterocycles. The zero-order valence-corrected chi connectivity index (χ0v) is 15.4. The van der Waals surface area contributed by atoms with E-state index >= 15 is 0 Å². The number of anilines is 1. The minimum atomic E-state index is 0.0172. The number of carbonyl (C=O) groups is 1. The van der Waals surface area contributed by atoms with Crippen molar-refractivity contribution in [2.45, 2.75) is 51.5 Å². The lowest BCUT2D eigenvalue weighted by Crippen LogP contribution is -2.60. The van der Waals surface area contributed by atoms with Crippen molar-refractivity contribution in [1.29, 1.82) is 0 Å². The molecule has 5 aliphatic rings. The molecule has 1 aromatic rings. The van der Waals surface area contributed by atoms with E-state index < -0.39 is 0 Å². The van der Waals surface area contributed by atoms with E-state index in [1.807, 2.05) is 0 Å². The van der Waals surface area contributed by atoms with Crippen LogP contribution in [0.25, 0.3) is 0 Å². The Kier molecular flexibility index (Phi) is 3.62. The van der Waals surface area contributed by atoms with E-state index in [4.69, 9.17) is 0 Å². The van der Waals surface area contributed by atoms with Crippen molar-refractivity contribution in [3.05, 3.63) is 30.3 Å². The normalized spacial score (nSPS) is 39.7. The Morgan fingerprint density at radius 2 is 1.56 bits per heavy atom. The molecule has 1 atom stereocenters. The summed E-state index contributed by atoms with van der Waals surface area (Å²) in [6, 6.07) is 11.1. The van der Waals surface area contributed by atoms with Gasteiger partial charge in [0.05, 0.1) is 5.41 Å². The molecule has 0 N–H and O–H groups in total. The minimum absolute atomic E-state index is 0.0172. The topological polar surface area (TPSA) is 23.6 Å². The molecule has 0 radical (unpaired) electrons. The van der Waals surface area contributed by atoms with Crippen LogP contribution < -0.4 is 4.90 Å². The third kappa shape index (κ3) is 2.58. The van der Waals surface area contributed by atoms with Gasteiger partial charge < -0.3 is 9.80 Å². The van der Waals surface area contributed by atoms with Gasteiger partial charge in [-0.05, 0) is 75.3 Å². The van der Waals surface area contributed by atoms with Crippen LogP contribution in [0.15, 0.2) is 30.3 Å². The Balaban J connectivity index is 1.31. The third-order valence-electron chi connectivity index (χ3n) is 7.49. The van der Waals surface area contributed by atoms with Gasteiger partial charge in [0.15, 0.2) is 0 Å². The van der Waals surface area contributed by atoms with E-state index in [1.165, 1.54) is 44.2 Å². The SMILES string of the molecule is CC1CN(C(=O)C23CC4CC(CC(C4)C2)C3)CCN1c1ccccc1. The Morgan fingerprint density at radius 3 is 2.12 bits per heavy atom. The lowest BCUT2D eigenvalue weighted by atomic mass is 9.49. The van der Waals surface area contributed by atoms with Gasteiger partial charge in [-0.25, -0.2) is 0 Å². The fraction of sp³-hybridized carbons (Fsp3) is 0.682. The summed E-state index contributed by atoms with van der Waals surface area (Å²) in [7, 11) is 0. The molecule has 6 rings (SSSR count). The van der Waals surface area contributed by atoms with E-state index in [1.54, 1.807) is 0 Å². The first kappa shape index (κ1) is 15.7. The number of benzene rings is 1. The lowest BCUT2D eigenvalue weighted by Gasteiger charge is -2.57. The number of carbonyl (C=O) groups excluding carboxylic acids is 1. The maximum atomic E-state index is 13.5. The largest absolute Gasteiger partial charge is 0.365 e. The van der Waals surface area contributed by atoms with Crippen molar-refractivity contribution >= 4 is 11.6 Å². The zero-order chi connectivity index (χ0) is 17.0. The molecule has 25 heavy (non-hydrogen) atoms. The van der Waals surface area contributed by atoms with Crippen molar-refractivity contribution in [1.82, 2.24) is 4.90 Å². The second-order valence-electron chi connectivity index (χ2n) is 9.33. The Bertz CT molecular complexity index is 620. The minimum Gasteiger partial charge on any atom is -0.365 e. The maximum Gasteiger partial charge on any atom is 0.228 e. The highest BCUT2D eigenvalue weighted by Crippen LogP contribution is 2.60. The van der Waals surface area contributed by atoms with Gasteiger partial charge in [0.1, 0.15) is 0 Å². The third-order valence-corrected chi connectivity index (χ3v) is 7.49. The quantitative estimate of drug-likeness (QED) is 0.815. The van der Waals surface area contributed by atoms with E-state index in [9.17, 15) is 4.79 Å². The maximum absolute atomic E-state index is 13.5. The van der Waals surface area contributed by atoms with Crippen LogP contribution in [0.2, 0.25) is 0 Å². The molecule has 4 saturated carbocycles. The zero-order valence-electron chi connectivity index (χ0n) is 15.4. The standard InChI is InChI=1S/C22H30N2O/c1-16-15-23(7-8-24(16)20-5-3-2-4-6-20)21(25)22-12-17-9-18(13-22)11-19(10-17)14-22/h2-6,16-19H,7-15H2,1H3. The van der Waals surface area contributed by atoms with Crippen LogP contribution in [0.5, 0.6) is 0 Å². The second-order valence-corrected chi connectivity index (χ2v) is 9.33. The fourth-order valence-corrected chi connectivity index (χ4v) is 6.85. The van der Waals surface area contributed by atoms with Crippen LogP contribution >= 0.6 is 0 Å². The molecule has 1 unspecified atom stereocenters. The smallest absolute Gasteiger partial charge is 0.228 e. The number of nitrogens with zero attached hydrogens (tertiary/aromatic N) is 2. The molecule has 1 amide bonds. The Labute approximate surface area is 151 Å². The van der Waals surface area contributed by atoms with Crippen LogP contribution in [-0.4, -0.2) is 36.5 Å². The Hall–Kier alpha value is -1.51. The summed E-state index contributed by atoms with van der Waals surface area (Å²) in [5.74, 6) is 3.04.